The van der Waals surface area contributed by atoms with Gasteiger partial charge in [0.2, 0.25) is 0 Å². The Bertz CT molecular complexity index is 232. The largest absolute Gasteiger partial charge is 0.0843 e. The molecule has 0 N–H and O–H groups in total. The Morgan fingerprint density at radius 3 is 1.79 bits per heavy atom. The predicted molar refractivity (Wildman–Crippen MR) is 68.5 cm³/mol. The molecule has 0 spiro atoms. The monoisotopic (exact) mass is 234 g/mol. The third-order valence-electron chi connectivity index (χ3n) is 1.13. The highest BCUT2D eigenvalue weighted by molar-refractivity contribution is 6.35. The van der Waals surface area contributed by atoms with E-state index in [-0.39, 0.29) is 0 Å². The molecule has 0 radical (unpaired) electrons. The Balaban J connectivity index is 0. The zero-order valence-corrected chi connectivity index (χ0v) is 11.2. The van der Waals surface area contributed by atoms with Crippen molar-refractivity contribution in [3.05, 3.63) is 33.8 Å². The molecule has 0 saturated heterocycles. The minimum Gasteiger partial charge on any atom is -0.0843 e. The van der Waals surface area contributed by atoms with Crippen molar-refractivity contribution in [3.63, 3.8) is 0 Å². The third-order valence-corrected chi connectivity index (χ3v) is 1.78. The van der Waals surface area contributed by atoms with Crippen LogP contribution in [0.5, 0.6) is 0 Å². The maximum atomic E-state index is 5.73. The Labute approximate surface area is 98.2 Å². The van der Waals surface area contributed by atoms with Gasteiger partial charge in [-0.15, -0.1) is 0 Å². The highest BCUT2D eigenvalue weighted by Crippen LogP contribution is 2.19. The van der Waals surface area contributed by atoms with E-state index in [1.807, 2.05) is 32.9 Å². The second-order valence-corrected chi connectivity index (χ2v) is 3.44. The molecule has 0 unspecified atom stereocenters. The van der Waals surface area contributed by atoms with E-state index in [0.717, 1.165) is 10.6 Å². The van der Waals surface area contributed by atoms with Gasteiger partial charge >= 0.3 is 0 Å². The molecule has 82 valence electrons. The normalized spacial score (nSPS) is 7.93. The molecule has 0 nitrogen and oxygen atoms in total. The van der Waals surface area contributed by atoms with Gasteiger partial charge in [0.1, 0.15) is 0 Å². The summed E-state index contributed by atoms with van der Waals surface area (Å²) in [5, 5.41) is 1.41. The Kier molecular flexibility index (Phi) is 12.6. The van der Waals surface area contributed by atoms with E-state index < -0.39 is 0 Å². The van der Waals surface area contributed by atoms with Gasteiger partial charge in [0.15, 0.2) is 0 Å². The smallest absolute Gasteiger partial charge is 0.0449 e. The first-order valence-electron chi connectivity index (χ1n) is 5.03. The predicted octanol–water partition coefficient (Wildman–Crippen LogP) is 5.74. The third kappa shape index (κ3) is 8.40. The minimum absolute atomic E-state index is 0.686. The molecule has 0 amide bonds. The fourth-order valence-electron chi connectivity index (χ4n) is 0.567. The van der Waals surface area contributed by atoms with Gasteiger partial charge in [0, 0.05) is 10.0 Å². The van der Waals surface area contributed by atoms with E-state index in [4.69, 9.17) is 23.2 Å². The van der Waals surface area contributed by atoms with Crippen LogP contribution in [0.25, 0.3) is 0 Å². The maximum Gasteiger partial charge on any atom is 0.0449 e. The van der Waals surface area contributed by atoms with Crippen LogP contribution in [0.2, 0.25) is 10.0 Å². The summed E-state index contributed by atoms with van der Waals surface area (Å²) in [5.74, 6) is 0. The molecule has 1 aromatic rings. The lowest BCUT2D eigenvalue weighted by molar-refractivity contribution is 1.09. The van der Waals surface area contributed by atoms with Crippen molar-refractivity contribution >= 4 is 23.2 Å². The SMILES string of the molecule is CC.CCC.Cc1ccc(Cl)cc1Cl. The maximum absolute atomic E-state index is 5.73. The lowest BCUT2D eigenvalue weighted by Crippen LogP contribution is -1.71. The molecular formula is C12H20Cl2. The zero-order valence-electron chi connectivity index (χ0n) is 9.70. The molecule has 0 heterocycles. The number of aryl methyl sites for hydroxylation is 1. The van der Waals surface area contributed by atoms with E-state index in [1.54, 1.807) is 6.07 Å². The summed E-state index contributed by atoms with van der Waals surface area (Å²) in [4.78, 5) is 0. The Morgan fingerprint density at radius 2 is 1.50 bits per heavy atom. The van der Waals surface area contributed by atoms with Crippen molar-refractivity contribution < 1.29 is 0 Å². The van der Waals surface area contributed by atoms with Crippen molar-refractivity contribution in [3.8, 4) is 0 Å². The minimum atomic E-state index is 0.686. The fourth-order valence-corrected chi connectivity index (χ4v) is 0.976. The highest BCUT2D eigenvalue weighted by Gasteiger charge is 1.92. The summed E-state index contributed by atoms with van der Waals surface area (Å²) in [7, 11) is 0. The number of halogens is 2. The summed E-state index contributed by atoms with van der Waals surface area (Å²) in [6, 6.07) is 5.45. The van der Waals surface area contributed by atoms with Crippen LogP contribution in [0, 0.1) is 6.92 Å². The zero-order chi connectivity index (χ0) is 11.6. The summed E-state index contributed by atoms with van der Waals surface area (Å²) in [6.07, 6.45) is 1.25. The molecule has 0 bridgehead atoms. The number of benzene rings is 1. The Hall–Kier alpha value is -0.200. The van der Waals surface area contributed by atoms with Crippen LogP contribution in [0.3, 0.4) is 0 Å². The quantitative estimate of drug-likeness (QED) is 0.537. The number of rotatable bonds is 0. The van der Waals surface area contributed by atoms with E-state index in [1.165, 1.54) is 6.42 Å². The van der Waals surface area contributed by atoms with Crippen LogP contribution in [-0.2, 0) is 0 Å². The van der Waals surface area contributed by atoms with Crippen molar-refractivity contribution in [2.75, 3.05) is 0 Å². The topological polar surface area (TPSA) is 0 Å². The molecule has 0 atom stereocenters. The second-order valence-electron chi connectivity index (χ2n) is 2.60. The molecule has 14 heavy (non-hydrogen) atoms. The lowest BCUT2D eigenvalue weighted by Gasteiger charge is -1.94. The van der Waals surface area contributed by atoms with Gasteiger partial charge in [0.25, 0.3) is 0 Å². The summed E-state index contributed by atoms with van der Waals surface area (Å²) >= 11 is 11.4. The summed E-state index contributed by atoms with van der Waals surface area (Å²) in [6.45, 7) is 10.2. The van der Waals surface area contributed by atoms with Crippen molar-refractivity contribution in [2.24, 2.45) is 0 Å². The van der Waals surface area contributed by atoms with Crippen molar-refractivity contribution in [1.29, 1.82) is 0 Å². The Morgan fingerprint density at radius 1 is 1.07 bits per heavy atom. The molecule has 2 heteroatoms. The molecule has 0 saturated carbocycles. The van der Waals surface area contributed by atoms with Crippen LogP contribution in [0.1, 0.15) is 39.7 Å². The molecular weight excluding hydrogens is 215 g/mol. The summed E-state index contributed by atoms with van der Waals surface area (Å²) < 4.78 is 0. The first-order valence-corrected chi connectivity index (χ1v) is 5.79. The molecule has 0 aliphatic heterocycles. The lowest BCUT2D eigenvalue weighted by atomic mass is 10.2. The van der Waals surface area contributed by atoms with E-state index >= 15 is 0 Å². The van der Waals surface area contributed by atoms with Gasteiger partial charge in [-0.25, -0.2) is 0 Å². The van der Waals surface area contributed by atoms with E-state index in [2.05, 4.69) is 13.8 Å². The molecule has 0 aliphatic rings. The van der Waals surface area contributed by atoms with Gasteiger partial charge in [-0.3, -0.25) is 0 Å². The van der Waals surface area contributed by atoms with Gasteiger partial charge in [-0.1, -0.05) is 63.4 Å². The first kappa shape index (κ1) is 16.2. The van der Waals surface area contributed by atoms with Crippen LogP contribution in [0.15, 0.2) is 18.2 Å². The average molecular weight is 235 g/mol. The molecule has 0 fully saturated rings. The van der Waals surface area contributed by atoms with Crippen LogP contribution in [0.4, 0.5) is 0 Å². The van der Waals surface area contributed by atoms with Gasteiger partial charge in [0.05, 0.1) is 0 Å². The first-order chi connectivity index (χ1) is 6.61. The van der Waals surface area contributed by atoms with Crippen LogP contribution >= 0.6 is 23.2 Å². The van der Waals surface area contributed by atoms with E-state index in [0.29, 0.717) is 5.02 Å². The van der Waals surface area contributed by atoms with Crippen molar-refractivity contribution in [2.45, 2.75) is 41.0 Å². The van der Waals surface area contributed by atoms with Crippen LogP contribution < -0.4 is 0 Å². The molecule has 0 aliphatic carbocycles. The van der Waals surface area contributed by atoms with Gasteiger partial charge in [-0.05, 0) is 24.6 Å². The van der Waals surface area contributed by atoms with Gasteiger partial charge < -0.3 is 0 Å². The van der Waals surface area contributed by atoms with Crippen LogP contribution in [-0.4, -0.2) is 0 Å². The molecule has 1 rings (SSSR count). The number of hydrogen-bond donors (Lipinski definition) is 0. The molecule has 1 aromatic carbocycles. The van der Waals surface area contributed by atoms with Gasteiger partial charge in [-0.2, -0.15) is 0 Å². The standard InChI is InChI=1S/C7H6Cl2.C3H8.C2H6/c1-5-2-3-6(8)4-7(5)9;1-3-2;1-2/h2-4H,1H3;3H2,1-2H3;1-2H3. The highest BCUT2D eigenvalue weighted by atomic mass is 35.5. The second kappa shape index (κ2) is 10.9. The summed E-state index contributed by atoms with van der Waals surface area (Å²) in [5.41, 5.74) is 1.06. The number of hydrogen-bond acceptors (Lipinski definition) is 0. The van der Waals surface area contributed by atoms with E-state index in [9.17, 15) is 0 Å². The fraction of sp³-hybridized carbons (Fsp3) is 0.500. The molecule has 0 aromatic heterocycles. The van der Waals surface area contributed by atoms with Crippen molar-refractivity contribution in [1.82, 2.24) is 0 Å². The average Bonchev–Trinajstić information content (AvgIpc) is 2.17.